The minimum absolute atomic E-state index is 0.0622. The fourth-order valence-corrected chi connectivity index (χ4v) is 1.25. The van der Waals surface area contributed by atoms with Gasteiger partial charge >= 0.3 is 0 Å². The Balaban J connectivity index is 2.30. The van der Waals surface area contributed by atoms with Gasteiger partial charge in [0.1, 0.15) is 6.04 Å². The van der Waals surface area contributed by atoms with Gasteiger partial charge in [0.15, 0.2) is 0 Å². The summed E-state index contributed by atoms with van der Waals surface area (Å²) >= 11 is 0. The van der Waals surface area contributed by atoms with Crippen LogP contribution < -0.4 is 5.32 Å². The van der Waals surface area contributed by atoms with Gasteiger partial charge in [0.05, 0.1) is 6.07 Å². The standard InChI is InChI=1S/C10H16N2O/c1-7(2)5-9(6-11)12-10(13)8-3-4-8/h7-9H,3-5H2,1-2H3,(H,12,13). The van der Waals surface area contributed by atoms with Crippen molar-refractivity contribution in [3.05, 3.63) is 0 Å². The molecule has 1 aliphatic carbocycles. The molecule has 0 radical (unpaired) electrons. The van der Waals surface area contributed by atoms with Crippen LogP contribution in [-0.4, -0.2) is 11.9 Å². The predicted molar refractivity (Wildman–Crippen MR) is 49.7 cm³/mol. The highest BCUT2D eigenvalue weighted by Crippen LogP contribution is 2.29. The largest absolute Gasteiger partial charge is 0.340 e. The SMILES string of the molecule is CC(C)CC(C#N)NC(=O)C1CC1. The van der Waals surface area contributed by atoms with Gasteiger partial charge in [-0.2, -0.15) is 5.26 Å². The molecular weight excluding hydrogens is 164 g/mol. The average molecular weight is 180 g/mol. The molecule has 0 saturated heterocycles. The molecule has 72 valence electrons. The molecule has 3 nitrogen and oxygen atoms in total. The van der Waals surface area contributed by atoms with Crippen molar-refractivity contribution in [3.63, 3.8) is 0 Å². The first-order valence-corrected chi connectivity index (χ1v) is 4.83. The summed E-state index contributed by atoms with van der Waals surface area (Å²) in [7, 11) is 0. The smallest absolute Gasteiger partial charge is 0.224 e. The van der Waals surface area contributed by atoms with E-state index in [4.69, 9.17) is 5.26 Å². The van der Waals surface area contributed by atoms with Crippen molar-refractivity contribution in [2.45, 2.75) is 39.2 Å². The lowest BCUT2D eigenvalue weighted by molar-refractivity contribution is -0.122. The zero-order valence-electron chi connectivity index (χ0n) is 8.21. The van der Waals surface area contributed by atoms with Crippen LogP contribution in [0.1, 0.15) is 33.1 Å². The summed E-state index contributed by atoms with van der Waals surface area (Å²) in [6.45, 7) is 4.10. The van der Waals surface area contributed by atoms with Crippen molar-refractivity contribution in [3.8, 4) is 6.07 Å². The molecule has 0 aromatic rings. The molecule has 1 fully saturated rings. The number of hydrogen-bond acceptors (Lipinski definition) is 2. The van der Waals surface area contributed by atoms with E-state index in [0.717, 1.165) is 19.3 Å². The van der Waals surface area contributed by atoms with Gasteiger partial charge in [-0.1, -0.05) is 13.8 Å². The molecule has 3 heteroatoms. The van der Waals surface area contributed by atoms with Crippen LogP contribution in [0.5, 0.6) is 0 Å². The summed E-state index contributed by atoms with van der Waals surface area (Å²) in [5.74, 6) is 0.708. The number of amides is 1. The van der Waals surface area contributed by atoms with Crippen molar-refractivity contribution in [1.82, 2.24) is 5.32 Å². The van der Waals surface area contributed by atoms with E-state index < -0.39 is 0 Å². The van der Waals surface area contributed by atoms with Crippen LogP contribution in [0.25, 0.3) is 0 Å². The summed E-state index contributed by atoms with van der Waals surface area (Å²) in [5.41, 5.74) is 0. The Morgan fingerprint density at radius 2 is 2.23 bits per heavy atom. The maximum atomic E-state index is 11.3. The number of carbonyl (C=O) groups is 1. The van der Waals surface area contributed by atoms with Gasteiger partial charge in [-0.25, -0.2) is 0 Å². The van der Waals surface area contributed by atoms with Gasteiger partial charge in [-0.05, 0) is 25.2 Å². The summed E-state index contributed by atoms with van der Waals surface area (Å²) in [6, 6.07) is 1.82. The molecule has 0 aromatic carbocycles. The lowest BCUT2D eigenvalue weighted by Crippen LogP contribution is -2.35. The van der Waals surface area contributed by atoms with Crippen molar-refractivity contribution in [1.29, 1.82) is 5.26 Å². The van der Waals surface area contributed by atoms with E-state index in [9.17, 15) is 4.79 Å². The number of hydrogen-bond donors (Lipinski definition) is 1. The number of nitriles is 1. The van der Waals surface area contributed by atoms with E-state index >= 15 is 0 Å². The van der Waals surface area contributed by atoms with E-state index in [-0.39, 0.29) is 17.9 Å². The van der Waals surface area contributed by atoms with Crippen LogP contribution in [0, 0.1) is 23.2 Å². The van der Waals surface area contributed by atoms with Gasteiger partial charge in [-0.3, -0.25) is 4.79 Å². The molecule has 13 heavy (non-hydrogen) atoms. The zero-order chi connectivity index (χ0) is 9.84. The quantitative estimate of drug-likeness (QED) is 0.712. The van der Waals surface area contributed by atoms with Crippen LogP contribution >= 0.6 is 0 Å². The van der Waals surface area contributed by atoms with Gasteiger partial charge in [0.25, 0.3) is 0 Å². The normalized spacial score (nSPS) is 18.0. The van der Waals surface area contributed by atoms with E-state index in [2.05, 4.69) is 11.4 Å². The van der Waals surface area contributed by atoms with Crippen LogP contribution in [0.15, 0.2) is 0 Å². The highest BCUT2D eigenvalue weighted by atomic mass is 16.2. The predicted octanol–water partition coefficient (Wildman–Crippen LogP) is 1.45. The molecule has 0 bridgehead atoms. The fraction of sp³-hybridized carbons (Fsp3) is 0.800. The molecule has 0 spiro atoms. The van der Waals surface area contributed by atoms with Crippen LogP contribution in [0.4, 0.5) is 0 Å². The first-order chi connectivity index (χ1) is 6.13. The lowest BCUT2D eigenvalue weighted by Gasteiger charge is -2.12. The second kappa shape index (κ2) is 4.27. The summed E-state index contributed by atoms with van der Waals surface area (Å²) < 4.78 is 0. The van der Waals surface area contributed by atoms with E-state index in [1.807, 2.05) is 13.8 Å². The van der Waals surface area contributed by atoms with Gasteiger partial charge in [0.2, 0.25) is 5.91 Å². The second-order valence-electron chi connectivity index (χ2n) is 4.09. The topological polar surface area (TPSA) is 52.9 Å². The highest BCUT2D eigenvalue weighted by molar-refractivity contribution is 5.81. The summed E-state index contributed by atoms with van der Waals surface area (Å²) in [4.78, 5) is 11.3. The minimum atomic E-state index is -0.298. The third-order valence-electron chi connectivity index (χ3n) is 2.13. The third-order valence-corrected chi connectivity index (χ3v) is 2.13. The lowest BCUT2D eigenvalue weighted by atomic mass is 10.0. The van der Waals surface area contributed by atoms with E-state index in [1.54, 1.807) is 0 Å². The Morgan fingerprint density at radius 1 is 1.62 bits per heavy atom. The second-order valence-corrected chi connectivity index (χ2v) is 4.09. The molecule has 1 aliphatic rings. The molecule has 1 unspecified atom stereocenters. The third kappa shape index (κ3) is 3.45. The number of rotatable bonds is 4. The van der Waals surface area contributed by atoms with Crippen LogP contribution in [0.2, 0.25) is 0 Å². The molecule has 0 heterocycles. The van der Waals surface area contributed by atoms with E-state index in [1.165, 1.54) is 0 Å². The molecule has 1 saturated carbocycles. The molecule has 0 aromatic heterocycles. The summed E-state index contributed by atoms with van der Waals surface area (Å²) in [6.07, 6.45) is 2.73. The Labute approximate surface area is 79.1 Å². The van der Waals surface area contributed by atoms with Gasteiger partial charge in [-0.15, -0.1) is 0 Å². The maximum Gasteiger partial charge on any atom is 0.224 e. The Hall–Kier alpha value is -1.04. The van der Waals surface area contributed by atoms with Gasteiger partial charge < -0.3 is 5.32 Å². The molecule has 1 N–H and O–H groups in total. The maximum absolute atomic E-state index is 11.3. The monoisotopic (exact) mass is 180 g/mol. The average Bonchev–Trinajstić information content (AvgIpc) is 2.84. The van der Waals surface area contributed by atoms with Gasteiger partial charge in [0, 0.05) is 5.92 Å². The van der Waals surface area contributed by atoms with Crippen molar-refractivity contribution >= 4 is 5.91 Å². The first-order valence-electron chi connectivity index (χ1n) is 4.83. The number of nitrogens with zero attached hydrogens (tertiary/aromatic N) is 1. The zero-order valence-corrected chi connectivity index (χ0v) is 8.21. The minimum Gasteiger partial charge on any atom is -0.340 e. The van der Waals surface area contributed by atoms with Crippen molar-refractivity contribution in [2.75, 3.05) is 0 Å². The summed E-state index contributed by atoms with van der Waals surface area (Å²) in [5, 5.41) is 11.5. The molecule has 1 amide bonds. The van der Waals surface area contributed by atoms with Crippen LogP contribution in [0.3, 0.4) is 0 Å². The fourth-order valence-electron chi connectivity index (χ4n) is 1.25. The first kappa shape index (κ1) is 10.0. The Kier molecular flexibility index (Phi) is 3.30. The van der Waals surface area contributed by atoms with Crippen molar-refractivity contribution < 1.29 is 4.79 Å². The van der Waals surface area contributed by atoms with E-state index in [0.29, 0.717) is 5.92 Å². The Bertz CT molecular complexity index is 226. The molecular formula is C10H16N2O. The van der Waals surface area contributed by atoms with Crippen molar-refractivity contribution in [2.24, 2.45) is 11.8 Å². The molecule has 0 aliphatic heterocycles. The number of nitrogens with one attached hydrogen (secondary N) is 1. The Morgan fingerprint density at radius 3 is 2.62 bits per heavy atom. The van der Waals surface area contributed by atoms with Crippen LogP contribution in [-0.2, 0) is 4.79 Å². The number of carbonyl (C=O) groups excluding carboxylic acids is 1. The highest BCUT2D eigenvalue weighted by Gasteiger charge is 2.30. The molecule has 1 rings (SSSR count). The molecule has 1 atom stereocenters.